The van der Waals surface area contributed by atoms with E-state index in [-0.39, 0.29) is 5.91 Å². The molecule has 1 amide bonds. The first-order valence-corrected chi connectivity index (χ1v) is 10.5. The maximum Gasteiger partial charge on any atom is 0.239 e. The lowest BCUT2D eigenvalue weighted by Crippen LogP contribution is -2.37. The monoisotopic (exact) mass is 387 g/mol. The molecule has 1 aliphatic heterocycles. The van der Waals surface area contributed by atoms with Crippen LogP contribution in [-0.4, -0.2) is 73.8 Å². The van der Waals surface area contributed by atoms with Crippen molar-refractivity contribution in [3.8, 4) is 11.6 Å². The molecule has 0 radical (unpaired) electrons. The average molecular weight is 387 g/mol. The van der Waals surface area contributed by atoms with Gasteiger partial charge in [0.2, 0.25) is 17.6 Å². The molecule has 1 saturated heterocycles. The normalized spacial score (nSPS) is 19.6. The number of hydrogen-bond donors (Lipinski definition) is 1. The highest BCUT2D eigenvalue weighted by atomic mass is 16.5. The standard InChI is InChI=1S/C19H29N7O2/c27-17(8-7-16-22-19(24-28-16)18-20-14-21-23-18)26-10-4-9-25(11-12-26)13-15-5-2-1-3-6-15/h14-15H,1-13H2,(H,20,21,23). The Hall–Kier alpha value is -2.29. The first-order valence-electron chi connectivity index (χ1n) is 10.5. The molecule has 28 heavy (non-hydrogen) atoms. The molecule has 2 fully saturated rings. The molecule has 9 heteroatoms. The zero-order valence-corrected chi connectivity index (χ0v) is 16.3. The lowest BCUT2D eigenvalue weighted by Gasteiger charge is -2.28. The van der Waals surface area contributed by atoms with E-state index < -0.39 is 0 Å². The van der Waals surface area contributed by atoms with E-state index >= 15 is 0 Å². The van der Waals surface area contributed by atoms with E-state index in [4.69, 9.17) is 4.52 Å². The number of carbonyl (C=O) groups is 1. The third-order valence-corrected chi connectivity index (χ3v) is 5.83. The van der Waals surface area contributed by atoms with Crippen molar-refractivity contribution in [1.29, 1.82) is 0 Å². The SMILES string of the molecule is O=C(CCc1nc(-c2ncn[nH]2)no1)N1CCCN(CC2CCCCC2)CC1. The highest BCUT2D eigenvalue weighted by molar-refractivity contribution is 5.76. The second-order valence-electron chi connectivity index (χ2n) is 7.88. The molecule has 2 aliphatic rings. The number of nitrogens with zero attached hydrogens (tertiary/aromatic N) is 6. The van der Waals surface area contributed by atoms with Crippen molar-refractivity contribution >= 4 is 5.91 Å². The first kappa shape index (κ1) is 19.0. The Morgan fingerprint density at radius 1 is 1.14 bits per heavy atom. The van der Waals surface area contributed by atoms with Gasteiger partial charge in [-0.3, -0.25) is 9.89 Å². The molecular formula is C19H29N7O2. The van der Waals surface area contributed by atoms with Gasteiger partial charge in [0.15, 0.2) is 5.82 Å². The fraction of sp³-hybridized carbons (Fsp3) is 0.737. The first-order chi connectivity index (χ1) is 13.8. The zero-order valence-electron chi connectivity index (χ0n) is 16.3. The number of carbonyl (C=O) groups excluding carboxylic acids is 1. The molecule has 152 valence electrons. The van der Waals surface area contributed by atoms with Gasteiger partial charge >= 0.3 is 0 Å². The van der Waals surface area contributed by atoms with E-state index in [1.54, 1.807) is 0 Å². The molecule has 1 N–H and O–H groups in total. The smallest absolute Gasteiger partial charge is 0.239 e. The highest BCUT2D eigenvalue weighted by Gasteiger charge is 2.22. The number of H-pyrrole nitrogens is 1. The zero-order chi connectivity index (χ0) is 19.2. The number of aromatic amines is 1. The molecule has 1 saturated carbocycles. The summed E-state index contributed by atoms with van der Waals surface area (Å²) in [5.74, 6) is 2.31. The highest BCUT2D eigenvalue weighted by Crippen LogP contribution is 2.24. The van der Waals surface area contributed by atoms with Crippen molar-refractivity contribution in [2.45, 2.75) is 51.4 Å². The lowest BCUT2D eigenvalue weighted by atomic mass is 9.89. The van der Waals surface area contributed by atoms with Crippen molar-refractivity contribution in [1.82, 2.24) is 35.1 Å². The number of aromatic nitrogens is 5. The Morgan fingerprint density at radius 3 is 2.86 bits per heavy atom. The maximum atomic E-state index is 12.6. The van der Waals surface area contributed by atoms with E-state index in [1.165, 1.54) is 45.0 Å². The van der Waals surface area contributed by atoms with Gasteiger partial charge in [-0.2, -0.15) is 10.1 Å². The van der Waals surface area contributed by atoms with Gasteiger partial charge in [-0.05, 0) is 31.7 Å². The topological polar surface area (TPSA) is 104 Å². The van der Waals surface area contributed by atoms with Crippen LogP contribution in [0.5, 0.6) is 0 Å². The molecule has 1 aliphatic carbocycles. The number of rotatable bonds is 6. The van der Waals surface area contributed by atoms with Crippen LogP contribution in [-0.2, 0) is 11.2 Å². The van der Waals surface area contributed by atoms with E-state index in [2.05, 4.69) is 30.2 Å². The van der Waals surface area contributed by atoms with Crippen LogP contribution in [0.4, 0.5) is 0 Å². The third-order valence-electron chi connectivity index (χ3n) is 5.83. The summed E-state index contributed by atoms with van der Waals surface area (Å²) in [5, 5.41) is 10.3. The number of hydrogen-bond acceptors (Lipinski definition) is 7. The molecule has 0 aromatic carbocycles. The van der Waals surface area contributed by atoms with Crippen molar-refractivity contribution in [2.24, 2.45) is 5.92 Å². The maximum absolute atomic E-state index is 12.6. The molecule has 0 spiro atoms. The van der Waals surface area contributed by atoms with Gasteiger partial charge in [-0.15, -0.1) is 0 Å². The largest absolute Gasteiger partial charge is 0.341 e. The predicted molar refractivity (Wildman–Crippen MR) is 102 cm³/mol. The Morgan fingerprint density at radius 2 is 2.04 bits per heavy atom. The van der Waals surface area contributed by atoms with Crippen LogP contribution < -0.4 is 0 Å². The molecule has 4 rings (SSSR count). The summed E-state index contributed by atoms with van der Waals surface area (Å²) in [6.45, 7) is 4.95. The van der Waals surface area contributed by atoms with Crippen molar-refractivity contribution in [3.63, 3.8) is 0 Å². The minimum Gasteiger partial charge on any atom is -0.341 e. The fourth-order valence-electron chi connectivity index (χ4n) is 4.28. The van der Waals surface area contributed by atoms with E-state index in [0.717, 1.165) is 38.5 Å². The second-order valence-corrected chi connectivity index (χ2v) is 7.88. The van der Waals surface area contributed by atoms with Gasteiger partial charge in [0.05, 0.1) is 0 Å². The fourth-order valence-corrected chi connectivity index (χ4v) is 4.28. The Kier molecular flexibility index (Phi) is 6.31. The summed E-state index contributed by atoms with van der Waals surface area (Å²) in [6.07, 6.45) is 10.2. The van der Waals surface area contributed by atoms with Crippen molar-refractivity contribution < 1.29 is 9.32 Å². The minimum absolute atomic E-state index is 0.166. The van der Waals surface area contributed by atoms with Crippen LogP contribution in [0.15, 0.2) is 10.9 Å². The quantitative estimate of drug-likeness (QED) is 0.807. The Labute approximate surface area is 164 Å². The van der Waals surface area contributed by atoms with Crippen molar-refractivity contribution in [3.05, 3.63) is 12.2 Å². The van der Waals surface area contributed by atoms with Gasteiger partial charge in [0, 0.05) is 39.0 Å². The molecule has 3 heterocycles. The van der Waals surface area contributed by atoms with Crippen LogP contribution in [0.3, 0.4) is 0 Å². The lowest BCUT2D eigenvalue weighted by molar-refractivity contribution is -0.131. The number of amides is 1. The summed E-state index contributed by atoms with van der Waals surface area (Å²) < 4.78 is 5.22. The molecule has 0 unspecified atom stereocenters. The van der Waals surface area contributed by atoms with Crippen LogP contribution in [0.1, 0.15) is 50.8 Å². The van der Waals surface area contributed by atoms with Gasteiger partial charge in [0.1, 0.15) is 6.33 Å². The van der Waals surface area contributed by atoms with Crippen molar-refractivity contribution in [2.75, 3.05) is 32.7 Å². The van der Waals surface area contributed by atoms with Gasteiger partial charge in [0.25, 0.3) is 0 Å². The Bertz CT molecular complexity index is 739. The van der Waals surface area contributed by atoms with E-state index in [0.29, 0.717) is 30.4 Å². The molecule has 0 bridgehead atoms. The predicted octanol–water partition coefficient (Wildman–Crippen LogP) is 1.90. The summed E-state index contributed by atoms with van der Waals surface area (Å²) in [6, 6.07) is 0. The summed E-state index contributed by atoms with van der Waals surface area (Å²) in [5.41, 5.74) is 0. The molecule has 2 aromatic heterocycles. The van der Waals surface area contributed by atoms with Crippen LogP contribution in [0, 0.1) is 5.92 Å². The number of nitrogens with one attached hydrogen (secondary N) is 1. The molecule has 2 aromatic rings. The minimum atomic E-state index is 0.166. The van der Waals surface area contributed by atoms with Crippen LogP contribution in [0.2, 0.25) is 0 Å². The molecule has 9 nitrogen and oxygen atoms in total. The second kappa shape index (κ2) is 9.27. The van der Waals surface area contributed by atoms with Gasteiger partial charge < -0.3 is 14.3 Å². The van der Waals surface area contributed by atoms with Gasteiger partial charge in [-0.1, -0.05) is 24.4 Å². The summed E-state index contributed by atoms with van der Waals surface area (Å²) >= 11 is 0. The van der Waals surface area contributed by atoms with Gasteiger partial charge in [-0.25, -0.2) is 4.98 Å². The summed E-state index contributed by atoms with van der Waals surface area (Å²) in [4.78, 5) is 25.5. The molecular weight excluding hydrogens is 358 g/mol. The van der Waals surface area contributed by atoms with Crippen LogP contribution >= 0.6 is 0 Å². The average Bonchev–Trinajstić information content (AvgIpc) is 3.36. The third kappa shape index (κ3) is 4.95. The van der Waals surface area contributed by atoms with E-state index in [1.807, 2.05) is 4.90 Å². The summed E-state index contributed by atoms with van der Waals surface area (Å²) in [7, 11) is 0. The molecule has 0 atom stereocenters. The van der Waals surface area contributed by atoms with E-state index in [9.17, 15) is 4.79 Å². The van der Waals surface area contributed by atoms with Crippen LogP contribution in [0.25, 0.3) is 11.6 Å². The number of aryl methyl sites for hydroxylation is 1. The Balaban J connectivity index is 1.22.